The van der Waals surface area contributed by atoms with Crippen LogP contribution in [0.2, 0.25) is 0 Å². The summed E-state index contributed by atoms with van der Waals surface area (Å²) in [6.45, 7) is 2.72. The monoisotopic (exact) mass is 328 g/mol. The third kappa shape index (κ3) is 3.10. The van der Waals surface area contributed by atoms with Crippen LogP contribution in [0.25, 0.3) is 5.69 Å². The van der Waals surface area contributed by atoms with Crippen LogP contribution < -0.4 is 5.32 Å². The van der Waals surface area contributed by atoms with E-state index in [2.05, 4.69) is 10.4 Å². The Kier molecular flexibility index (Phi) is 4.24. The Morgan fingerprint density at radius 2 is 2.12 bits per heavy atom. The minimum absolute atomic E-state index is 0.231. The third-order valence-electron chi connectivity index (χ3n) is 4.45. The van der Waals surface area contributed by atoms with E-state index in [1.807, 2.05) is 36.5 Å². The number of rotatable bonds is 4. The van der Waals surface area contributed by atoms with Gasteiger partial charge in [0.2, 0.25) is 0 Å². The first-order valence-corrected chi connectivity index (χ1v) is 7.84. The van der Waals surface area contributed by atoms with Crippen LogP contribution in [0.5, 0.6) is 0 Å². The van der Waals surface area contributed by atoms with Crippen molar-refractivity contribution >= 4 is 12.0 Å². The first kappa shape index (κ1) is 16.0. The summed E-state index contributed by atoms with van der Waals surface area (Å²) in [7, 11) is 0. The molecule has 0 saturated carbocycles. The number of nitrogens with zero attached hydrogens (tertiary/aromatic N) is 3. The van der Waals surface area contributed by atoms with Gasteiger partial charge in [0.25, 0.3) is 0 Å². The molecule has 0 bridgehead atoms. The van der Waals surface area contributed by atoms with Gasteiger partial charge in [-0.25, -0.2) is 9.48 Å². The number of nitrogens with one attached hydrogen (secondary N) is 1. The van der Waals surface area contributed by atoms with E-state index >= 15 is 0 Å². The molecule has 0 aliphatic carbocycles. The molecule has 2 amide bonds. The van der Waals surface area contributed by atoms with Crippen LogP contribution in [0.4, 0.5) is 4.79 Å². The number of carbonyl (C=O) groups is 2. The number of carbonyl (C=O) groups excluding carboxylic acids is 1. The van der Waals surface area contributed by atoms with Gasteiger partial charge < -0.3 is 15.3 Å². The van der Waals surface area contributed by atoms with Crippen molar-refractivity contribution in [3.8, 4) is 5.69 Å². The van der Waals surface area contributed by atoms with Gasteiger partial charge in [0.15, 0.2) is 0 Å². The predicted molar refractivity (Wildman–Crippen MR) is 87.7 cm³/mol. The Labute approximate surface area is 139 Å². The Morgan fingerprint density at radius 3 is 2.79 bits per heavy atom. The van der Waals surface area contributed by atoms with Crippen molar-refractivity contribution in [2.24, 2.45) is 5.41 Å². The molecule has 1 unspecified atom stereocenters. The molecule has 7 nitrogen and oxygen atoms in total. The lowest BCUT2D eigenvalue weighted by molar-refractivity contribution is -0.147. The number of hydrogen-bond donors (Lipinski definition) is 2. The van der Waals surface area contributed by atoms with E-state index < -0.39 is 11.4 Å². The van der Waals surface area contributed by atoms with Crippen LogP contribution in [-0.4, -0.2) is 44.9 Å². The fraction of sp³-hybridized carbons (Fsp3) is 0.353. The molecule has 3 rings (SSSR count). The average molecular weight is 328 g/mol. The van der Waals surface area contributed by atoms with Crippen molar-refractivity contribution in [3.05, 3.63) is 48.3 Å². The summed E-state index contributed by atoms with van der Waals surface area (Å²) in [4.78, 5) is 25.2. The van der Waals surface area contributed by atoms with Gasteiger partial charge in [-0.15, -0.1) is 0 Å². The lowest BCUT2D eigenvalue weighted by Gasteiger charge is -2.21. The zero-order valence-corrected chi connectivity index (χ0v) is 13.5. The number of hydrogen-bond acceptors (Lipinski definition) is 3. The SMILES string of the molecule is CC1(C(=O)O)CCN(C(=O)NCc2ccccc2-n2cccn2)C1. The number of aromatic nitrogens is 2. The minimum Gasteiger partial charge on any atom is -0.481 e. The largest absolute Gasteiger partial charge is 0.481 e. The fourth-order valence-electron chi connectivity index (χ4n) is 2.89. The van der Waals surface area contributed by atoms with E-state index in [1.165, 1.54) is 0 Å². The van der Waals surface area contributed by atoms with Gasteiger partial charge >= 0.3 is 12.0 Å². The van der Waals surface area contributed by atoms with E-state index in [0.717, 1.165) is 11.3 Å². The Balaban J connectivity index is 1.65. The maximum absolute atomic E-state index is 12.3. The zero-order valence-electron chi connectivity index (χ0n) is 13.5. The number of urea groups is 1. The van der Waals surface area contributed by atoms with E-state index in [1.54, 1.807) is 22.7 Å². The molecule has 1 atom stereocenters. The third-order valence-corrected chi connectivity index (χ3v) is 4.45. The second kappa shape index (κ2) is 6.35. The molecule has 7 heteroatoms. The van der Waals surface area contributed by atoms with E-state index in [-0.39, 0.29) is 12.6 Å². The van der Waals surface area contributed by atoms with Gasteiger partial charge in [0.1, 0.15) is 0 Å². The highest BCUT2D eigenvalue weighted by Gasteiger charge is 2.42. The average Bonchev–Trinajstić information content (AvgIpc) is 3.23. The number of para-hydroxylation sites is 1. The van der Waals surface area contributed by atoms with Crippen LogP contribution in [0.15, 0.2) is 42.7 Å². The zero-order chi connectivity index (χ0) is 17.2. The molecular weight excluding hydrogens is 308 g/mol. The fourth-order valence-corrected chi connectivity index (χ4v) is 2.89. The quantitative estimate of drug-likeness (QED) is 0.897. The molecule has 2 heterocycles. The maximum atomic E-state index is 12.3. The first-order chi connectivity index (χ1) is 11.5. The molecule has 0 radical (unpaired) electrons. The van der Waals surface area contributed by atoms with Gasteiger partial charge in [-0.05, 0) is 31.0 Å². The Hall–Kier alpha value is -2.83. The summed E-state index contributed by atoms with van der Waals surface area (Å²) >= 11 is 0. The number of likely N-dealkylation sites (tertiary alicyclic amines) is 1. The summed E-state index contributed by atoms with van der Waals surface area (Å²) in [6, 6.07) is 9.29. The summed E-state index contributed by atoms with van der Waals surface area (Å²) < 4.78 is 1.75. The lowest BCUT2D eigenvalue weighted by atomic mass is 9.90. The van der Waals surface area contributed by atoms with Crippen molar-refractivity contribution < 1.29 is 14.7 Å². The molecular formula is C17H20N4O3. The maximum Gasteiger partial charge on any atom is 0.317 e. The van der Waals surface area contributed by atoms with Crippen molar-refractivity contribution in [2.45, 2.75) is 19.9 Å². The summed E-state index contributed by atoms with van der Waals surface area (Å²) in [5, 5.41) is 16.3. The molecule has 1 fully saturated rings. The van der Waals surface area contributed by atoms with Gasteiger partial charge in [0, 0.05) is 32.0 Å². The van der Waals surface area contributed by atoms with Gasteiger partial charge in [-0.1, -0.05) is 18.2 Å². The molecule has 2 N–H and O–H groups in total. The highest BCUT2D eigenvalue weighted by molar-refractivity contribution is 5.79. The standard InChI is InChI=1S/C17H20N4O3/c1-17(15(22)23)7-10-20(12-17)16(24)18-11-13-5-2-3-6-14(13)21-9-4-8-19-21/h2-6,8-9H,7,10-12H2,1H3,(H,18,24)(H,22,23). The molecule has 24 heavy (non-hydrogen) atoms. The number of carboxylic acids is 1. The van der Waals surface area contributed by atoms with Gasteiger partial charge in [-0.3, -0.25) is 4.79 Å². The second-order valence-corrected chi connectivity index (χ2v) is 6.28. The number of aliphatic carboxylic acids is 1. The van der Waals surface area contributed by atoms with Crippen LogP contribution in [0, 0.1) is 5.41 Å². The smallest absolute Gasteiger partial charge is 0.317 e. The molecule has 1 aromatic heterocycles. The topological polar surface area (TPSA) is 87.5 Å². The van der Waals surface area contributed by atoms with Crippen LogP contribution >= 0.6 is 0 Å². The van der Waals surface area contributed by atoms with Crippen molar-refractivity contribution in [1.29, 1.82) is 0 Å². The van der Waals surface area contributed by atoms with E-state index in [9.17, 15) is 14.7 Å². The number of amides is 2. The molecule has 126 valence electrons. The molecule has 1 aliphatic heterocycles. The van der Waals surface area contributed by atoms with E-state index in [4.69, 9.17) is 0 Å². The summed E-state index contributed by atoms with van der Waals surface area (Å²) in [5.74, 6) is -0.859. The molecule has 1 aliphatic rings. The molecule has 2 aromatic rings. The molecule has 0 spiro atoms. The van der Waals surface area contributed by atoms with Crippen molar-refractivity contribution in [1.82, 2.24) is 20.0 Å². The van der Waals surface area contributed by atoms with Crippen molar-refractivity contribution in [2.75, 3.05) is 13.1 Å². The van der Waals surface area contributed by atoms with Crippen LogP contribution in [0.1, 0.15) is 18.9 Å². The van der Waals surface area contributed by atoms with E-state index in [0.29, 0.717) is 19.5 Å². The molecule has 1 aromatic carbocycles. The van der Waals surface area contributed by atoms with Crippen LogP contribution in [-0.2, 0) is 11.3 Å². The Morgan fingerprint density at radius 1 is 1.33 bits per heavy atom. The normalized spacial score (nSPS) is 20.1. The number of carboxylic acid groups (broad SMARTS) is 1. The molecule has 1 saturated heterocycles. The summed E-state index contributed by atoms with van der Waals surface area (Å²) in [6.07, 6.45) is 4.02. The summed E-state index contributed by atoms with van der Waals surface area (Å²) in [5.41, 5.74) is 0.985. The van der Waals surface area contributed by atoms with Crippen molar-refractivity contribution in [3.63, 3.8) is 0 Å². The lowest BCUT2D eigenvalue weighted by Crippen LogP contribution is -2.40. The first-order valence-electron chi connectivity index (χ1n) is 7.84. The van der Waals surface area contributed by atoms with Crippen LogP contribution in [0.3, 0.4) is 0 Å². The Bertz CT molecular complexity index is 744. The minimum atomic E-state index is -0.859. The highest BCUT2D eigenvalue weighted by atomic mass is 16.4. The predicted octanol–water partition coefficient (Wildman–Crippen LogP) is 1.88. The highest BCUT2D eigenvalue weighted by Crippen LogP contribution is 2.30. The van der Waals surface area contributed by atoms with Gasteiger partial charge in [0.05, 0.1) is 11.1 Å². The van der Waals surface area contributed by atoms with Gasteiger partial charge in [-0.2, -0.15) is 5.10 Å². The number of benzene rings is 1. The second-order valence-electron chi connectivity index (χ2n) is 6.28.